The Balaban J connectivity index is 2.07. The highest BCUT2D eigenvalue weighted by Gasteiger charge is 2.21. The number of hydrogen-bond donors (Lipinski definition) is 0. The van der Waals surface area contributed by atoms with Crippen LogP contribution in [0.4, 0.5) is 0 Å². The summed E-state index contributed by atoms with van der Waals surface area (Å²) in [7, 11) is -3.68. The van der Waals surface area contributed by atoms with Crippen molar-refractivity contribution >= 4 is 20.9 Å². The van der Waals surface area contributed by atoms with E-state index < -0.39 is 10.0 Å². The molecular weight excluding hydrogens is 370 g/mol. The number of hydrogen-bond acceptors (Lipinski definition) is 3. The lowest BCUT2D eigenvalue weighted by Crippen LogP contribution is -2.12. The maximum atomic E-state index is 13.3. The molecule has 0 aliphatic heterocycles. The molecule has 0 fully saturated rings. The maximum Gasteiger partial charge on any atom is 0.268 e. The van der Waals surface area contributed by atoms with Crippen molar-refractivity contribution in [3.05, 3.63) is 72.4 Å². The van der Waals surface area contributed by atoms with Crippen LogP contribution in [0.3, 0.4) is 0 Å². The van der Waals surface area contributed by atoms with E-state index in [0.717, 1.165) is 41.5 Å². The average Bonchev–Trinajstić information content (AvgIpc) is 3.06. The first-order valence-electron chi connectivity index (χ1n) is 9.73. The Morgan fingerprint density at radius 3 is 2.50 bits per heavy atom. The molecule has 3 rings (SSSR count). The minimum atomic E-state index is -3.68. The Kier molecular flexibility index (Phi) is 6.25. The molecule has 0 N–H and O–H groups in total. The summed E-state index contributed by atoms with van der Waals surface area (Å²) < 4.78 is 33.6. The van der Waals surface area contributed by atoms with Gasteiger partial charge >= 0.3 is 0 Å². The highest BCUT2D eigenvalue weighted by atomic mass is 32.2. The molecule has 0 saturated carbocycles. The summed E-state index contributed by atoms with van der Waals surface area (Å²) in [4.78, 5) is 0.295. The van der Waals surface area contributed by atoms with E-state index >= 15 is 0 Å². The van der Waals surface area contributed by atoms with E-state index in [9.17, 15) is 8.42 Å². The summed E-state index contributed by atoms with van der Waals surface area (Å²) in [6.45, 7) is 8.43. The number of ether oxygens (including phenoxy) is 1. The molecule has 4 nitrogen and oxygen atoms in total. The van der Waals surface area contributed by atoms with E-state index in [4.69, 9.17) is 4.74 Å². The standard InChI is InChI=1S/C23H27NO3S/c1-4-7-9-18-10-13-21(14-11-18)28(25,26)24-17-19(8-5-2)22-16-20(27-6-3)12-15-23(22)24/h5,10-17H,2,4,6-9H2,1,3H3. The molecule has 0 unspecified atom stereocenters. The Labute approximate surface area is 167 Å². The van der Waals surface area contributed by atoms with Gasteiger partial charge in [-0.05, 0) is 67.6 Å². The highest BCUT2D eigenvalue weighted by Crippen LogP contribution is 2.30. The van der Waals surface area contributed by atoms with Crippen molar-refractivity contribution < 1.29 is 13.2 Å². The van der Waals surface area contributed by atoms with Crippen LogP contribution in [-0.4, -0.2) is 19.0 Å². The zero-order valence-corrected chi connectivity index (χ0v) is 17.3. The molecular formula is C23H27NO3S. The van der Waals surface area contributed by atoms with Crippen LogP contribution >= 0.6 is 0 Å². The summed E-state index contributed by atoms with van der Waals surface area (Å²) in [6.07, 6.45) is 7.24. The van der Waals surface area contributed by atoms with Crippen LogP contribution in [0.2, 0.25) is 0 Å². The van der Waals surface area contributed by atoms with Crippen molar-refractivity contribution in [2.75, 3.05) is 6.61 Å². The Hall–Kier alpha value is -2.53. The van der Waals surface area contributed by atoms with E-state index in [2.05, 4.69) is 13.5 Å². The zero-order valence-electron chi connectivity index (χ0n) is 16.5. The lowest BCUT2D eigenvalue weighted by Gasteiger charge is -2.09. The number of unbranched alkanes of at least 4 members (excludes halogenated alkanes) is 1. The van der Waals surface area contributed by atoms with Crippen LogP contribution < -0.4 is 4.74 Å². The van der Waals surface area contributed by atoms with Crippen LogP contribution in [-0.2, 0) is 22.9 Å². The first-order chi connectivity index (χ1) is 13.5. The lowest BCUT2D eigenvalue weighted by atomic mass is 10.1. The smallest absolute Gasteiger partial charge is 0.268 e. The summed E-state index contributed by atoms with van der Waals surface area (Å²) in [6, 6.07) is 12.7. The summed E-state index contributed by atoms with van der Waals surface area (Å²) in [5, 5.41) is 0.869. The van der Waals surface area contributed by atoms with Crippen molar-refractivity contribution in [1.82, 2.24) is 3.97 Å². The molecule has 0 spiro atoms. The molecule has 148 valence electrons. The van der Waals surface area contributed by atoms with E-state index in [-0.39, 0.29) is 0 Å². The van der Waals surface area contributed by atoms with Gasteiger partial charge < -0.3 is 4.74 Å². The first-order valence-corrected chi connectivity index (χ1v) is 11.2. The van der Waals surface area contributed by atoms with Crippen molar-refractivity contribution in [3.63, 3.8) is 0 Å². The van der Waals surface area contributed by atoms with Gasteiger partial charge in [0, 0.05) is 11.6 Å². The monoisotopic (exact) mass is 397 g/mol. The molecule has 0 aliphatic carbocycles. The van der Waals surface area contributed by atoms with E-state index in [0.29, 0.717) is 23.4 Å². The normalized spacial score (nSPS) is 11.6. The number of rotatable bonds is 9. The molecule has 0 bridgehead atoms. The van der Waals surface area contributed by atoms with Crippen LogP contribution in [0.15, 0.2) is 66.2 Å². The molecule has 28 heavy (non-hydrogen) atoms. The van der Waals surface area contributed by atoms with Gasteiger partial charge in [0.2, 0.25) is 0 Å². The van der Waals surface area contributed by atoms with Gasteiger partial charge in [0.05, 0.1) is 17.0 Å². The fraction of sp³-hybridized carbons (Fsp3) is 0.304. The van der Waals surface area contributed by atoms with Gasteiger partial charge in [-0.25, -0.2) is 12.4 Å². The number of aromatic nitrogens is 1. The first kappa shape index (κ1) is 20.2. The van der Waals surface area contributed by atoms with Crippen molar-refractivity contribution in [1.29, 1.82) is 0 Å². The maximum absolute atomic E-state index is 13.3. The molecule has 0 atom stereocenters. The van der Waals surface area contributed by atoms with Gasteiger partial charge in [-0.15, -0.1) is 6.58 Å². The molecule has 1 heterocycles. The molecule has 2 aromatic carbocycles. The fourth-order valence-corrected chi connectivity index (χ4v) is 4.73. The van der Waals surface area contributed by atoms with E-state index in [1.54, 1.807) is 30.5 Å². The Morgan fingerprint density at radius 1 is 1.11 bits per heavy atom. The lowest BCUT2D eigenvalue weighted by molar-refractivity contribution is 0.340. The van der Waals surface area contributed by atoms with Gasteiger partial charge in [-0.2, -0.15) is 0 Å². The van der Waals surface area contributed by atoms with E-state index in [1.165, 1.54) is 3.97 Å². The molecule has 3 aromatic rings. The third kappa shape index (κ3) is 3.99. The molecule has 5 heteroatoms. The van der Waals surface area contributed by atoms with Crippen LogP contribution in [0.25, 0.3) is 10.9 Å². The topological polar surface area (TPSA) is 48.3 Å². The summed E-state index contributed by atoms with van der Waals surface area (Å²) >= 11 is 0. The summed E-state index contributed by atoms with van der Waals surface area (Å²) in [5.74, 6) is 0.732. The largest absolute Gasteiger partial charge is 0.494 e. The van der Waals surface area contributed by atoms with Crippen LogP contribution in [0, 0.1) is 0 Å². The van der Waals surface area contributed by atoms with Crippen LogP contribution in [0.5, 0.6) is 5.75 Å². The second kappa shape index (κ2) is 8.65. The number of benzene rings is 2. The minimum absolute atomic E-state index is 0.295. The summed E-state index contributed by atoms with van der Waals surface area (Å²) in [5.41, 5.74) is 2.72. The predicted octanol–water partition coefficient (Wildman–Crippen LogP) is 5.35. The third-order valence-corrected chi connectivity index (χ3v) is 6.49. The molecule has 0 radical (unpaired) electrons. The van der Waals surface area contributed by atoms with Gasteiger partial charge in [0.15, 0.2) is 0 Å². The Morgan fingerprint density at radius 2 is 1.86 bits per heavy atom. The highest BCUT2D eigenvalue weighted by molar-refractivity contribution is 7.90. The Bertz CT molecular complexity index is 1060. The van der Waals surface area contributed by atoms with Gasteiger partial charge in [-0.3, -0.25) is 0 Å². The molecule has 1 aromatic heterocycles. The second-order valence-electron chi connectivity index (χ2n) is 6.81. The van der Waals surface area contributed by atoms with Crippen molar-refractivity contribution in [2.24, 2.45) is 0 Å². The molecule has 0 saturated heterocycles. The number of fused-ring (bicyclic) bond motifs is 1. The SMILES string of the molecule is C=CCc1cn(S(=O)(=O)c2ccc(CCCC)cc2)c2ccc(OCC)cc12. The van der Waals surface area contributed by atoms with Gasteiger partial charge in [-0.1, -0.05) is 31.6 Å². The fourth-order valence-electron chi connectivity index (χ4n) is 3.34. The quantitative estimate of drug-likeness (QED) is 0.457. The third-order valence-electron chi connectivity index (χ3n) is 4.80. The number of aryl methyl sites for hydroxylation is 1. The number of nitrogens with zero attached hydrogens (tertiary/aromatic N) is 1. The predicted molar refractivity (Wildman–Crippen MR) is 115 cm³/mol. The zero-order chi connectivity index (χ0) is 20.1. The van der Waals surface area contributed by atoms with E-state index in [1.807, 2.05) is 31.2 Å². The minimum Gasteiger partial charge on any atom is -0.494 e. The van der Waals surface area contributed by atoms with Crippen LogP contribution in [0.1, 0.15) is 37.8 Å². The molecule has 0 amide bonds. The average molecular weight is 398 g/mol. The number of allylic oxidation sites excluding steroid dienone is 1. The molecule has 0 aliphatic rings. The second-order valence-corrected chi connectivity index (χ2v) is 8.62. The van der Waals surface area contributed by atoms with Crippen molar-refractivity contribution in [2.45, 2.75) is 44.4 Å². The van der Waals surface area contributed by atoms with Crippen molar-refractivity contribution in [3.8, 4) is 5.75 Å². The van der Waals surface area contributed by atoms with Gasteiger partial charge in [0.25, 0.3) is 10.0 Å². The van der Waals surface area contributed by atoms with Gasteiger partial charge in [0.1, 0.15) is 5.75 Å².